The van der Waals surface area contributed by atoms with Crippen molar-refractivity contribution < 1.29 is 14.3 Å². The summed E-state index contributed by atoms with van der Waals surface area (Å²) in [6, 6.07) is 12.3. The minimum absolute atomic E-state index is 0.222. The predicted octanol–water partition coefficient (Wildman–Crippen LogP) is 2.54. The summed E-state index contributed by atoms with van der Waals surface area (Å²) in [6.45, 7) is 0. The molecular weight excluding hydrogens is 308 g/mol. The summed E-state index contributed by atoms with van der Waals surface area (Å²) in [5, 5.41) is 10.3. The second-order valence-corrected chi connectivity index (χ2v) is 4.97. The van der Waals surface area contributed by atoms with Crippen LogP contribution < -0.4 is 14.8 Å². The van der Waals surface area contributed by atoms with Crippen LogP contribution in [0.5, 0.6) is 11.5 Å². The Morgan fingerprint density at radius 3 is 2.08 bits per heavy atom. The van der Waals surface area contributed by atoms with Crippen LogP contribution in [0.2, 0.25) is 0 Å². The van der Waals surface area contributed by atoms with Crippen LogP contribution in [0.4, 0.5) is 5.69 Å². The van der Waals surface area contributed by atoms with E-state index >= 15 is 0 Å². The molecule has 0 aliphatic carbocycles. The van der Waals surface area contributed by atoms with Gasteiger partial charge < -0.3 is 14.8 Å². The van der Waals surface area contributed by atoms with Crippen molar-refractivity contribution in [2.45, 2.75) is 0 Å². The lowest BCUT2D eigenvalue weighted by Crippen LogP contribution is -2.12. The number of carbonyl (C=O) groups excluding carboxylic acids is 1. The molecule has 1 N–H and O–H groups in total. The van der Waals surface area contributed by atoms with Crippen molar-refractivity contribution in [3.05, 3.63) is 60.7 Å². The second kappa shape index (κ2) is 6.82. The van der Waals surface area contributed by atoms with Crippen molar-refractivity contribution in [2.75, 3.05) is 19.5 Å². The molecule has 1 amide bonds. The molecule has 122 valence electrons. The van der Waals surface area contributed by atoms with E-state index < -0.39 is 0 Å². The van der Waals surface area contributed by atoms with Gasteiger partial charge >= 0.3 is 0 Å². The highest BCUT2D eigenvalue weighted by molar-refractivity contribution is 6.04. The van der Waals surface area contributed by atoms with Gasteiger partial charge in [0.25, 0.3) is 5.91 Å². The highest BCUT2D eigenvalue weighted by Crippen LogP contribution is 2.26. The van der Waals surface area contributed by atoms with Gasteiger partial charge in [-0.1, -0.05) is 0 Å². The number of carbonyl (C=O) groups is 1. The maximum Gasteiger partial charge on any atom is 0.255 e. The number of hydrogen-bond acceptors (Lipinski definition) is 5. The predicted molar refractivity (Wildman–Crippen MR) is 88.9 cm³/mol. The molecule has 0 saturated carbocycles. The standard InChI is InChI=1S/C17H16N4O3/c1-23-15-7-13(8-16(9-15)24-2)20-17(22)12-3-5-14(6-4-12)21-10-18-19-11-21/h3-11H,1-2H3,(H,20,22). The third-order valence-corrected chi connectivity index (χ3v) is 3.46. The quantitative estimate of drug-likeness (QED) is 0.780. The maximum absolute atomic E-state index is 12.4. The Morgan fingerprint density at radius 2 is 1.54 bits per heavy atom. The normalized spacial score (nSPS) is 10.2. The number of anilines is 1. The molecule has 0 atom stereocenters. The lowest BCUT2D eigenvalue weighted by atomic mass is 10.2. The first-order valence-electron chi connectivity index (χ1n) is 7.19. The van der Waals surface area contributed by atoms with Gasteiger partial charge in [0.15, 0.2) is 0 Å². The van der Waals surface area contributed by atoms with Crippen molar-refractivity contribution in [3.8, 4) is 17.2 Å². The molecule has 1 aromatic heterocycles. The van der Waals surface area contributed by atoms with E-state index in [-0.39, 0.29) is 5.91 Å². The minimum Gasteiger partial charge on any atom is -0.497 e. The van der Waals surface area contributed by atoms with E-state index in [1.807, 2.05) is 12.1 Å². The number of methoxy groups -OCH3 is 2. The van der Waals surface area contributed by atoms with Crippen LogP contribution in [0.1, 0.15) is 10.4 Å². The first-order chi connectivity index (χ1) is 11.7. The molecule has 0 radical (unpaired) electrons. The molecular formula is C17H16N4O3. The van der Waals surface area contributed by atoms with Crippen molar-refractivity contribution in [1.29, 1.82) is 0 Å². The Hall–Kier alpha value is -3.35. The van der Waals surface area contributed by atoms with E-state index in [0.717, 1.165) is 5.69 Å². The molecule has 7 heteroatoms. The molecule has 0 aliphatic heterocycles. The highest BCUT2D eigenvalue weighted by atomic mass is 16.5. The zero-order valence-corrected chi connectivity index (χ0v) is 13.3. The van der Waals surface area contributed by atoms with Crippen molar-refractivity contribution >= 4 is 11.6 Å². The Kier molecular flexibility index (Phi) is 4.42. The number of rotatable bonds is 5. The second-order valence-electron chi connectivity index (χ2n) is 4.97. The van der Waals surface area contributed by atoms with Crippen LogP contribution in [0.3, 0.4) is 0 Å². The van der Waals surface area contributed by atoms with Crippen LogP contribution in [-0.4, -0.2) is 34.9 Å². The molecule has 2 aromatic carbocycles. The third-order valence-electron chi connectivity index (χ3n) is 3.46. The highest BCUT2D eigenvalue weighted by Gasteiger charge is 2.09. The molecule has 0 bridgehead atoms. The topological polar surface area (TPSA) is 78.3 Å². The van der Waals surface area contributed by atoms with Crippen molar-refractivity contribution in [3.63, 3.8) is 0 Å². The van der Waals surface area contributed by atoms with Gasteiger partial charge in [-0.2, -0.15) is 0 Å². The summed E-state index contributed by atoms with van der Waals surface area (Å²) in [5.41, 5.74) is 2.01. The van der Waals surface area contributed by atoms with Crippen LogP contribution >= 0.6 is 0 Å². The van der Waals surface area contributed by atoms with Gasteiger partial charge in [-0.25, -0.2) is 0 Å². The molecule has 1 heterocycles. The number of amides is 1. The minimum atomic E-state index is -0.222. The fourth-order valence-electron chi connectivity index (χ4n) is 2.20. The molecule has 24 heavy (non-hydrogen) atoms. The van der Waals surface area contributed by atoms with Gasteiger partial charge in [0, 0.05) is 35.1 Å². The number of hydrogen-bond donors (Lipinski definition) is 1. The number of ether oxygens (including phenoxy) is 2. The zero-order chi connectivity index (χ0) is 16.9. The maximum atomic E-state index is 12.4. The molecule has 0 unspecified atom stereocenters. The number of benzene rings is 2. The van der Waals surface area contributed by atoms with Gasteiger partial charge in [-0.05, 0) is 24.3 Å². The fraction of sp³-hybridized carbons (Fsp3) is 0.118. The summed E-state index contributed by atoms with van der Waals surface area (Å²) in [4.78, 5) is 12.4. The summed E-state index contributed by atoms with van der Waals surface area (Å²) >= 11 is 0. The first kappa shape index (κ1) is 15.5. The molecule has 0 fully saturated rings. The lowest BCUT2D eigenvalue weighted by molar-refractivity contribution is 0.102. The van der Waals surface area contributed by atoms with Gasteiger partial charge in [0.2, 0.25) is 0 Å². The van der Waals surface area contributed by atoms with E-state index in [2.05, 4.69) is 15.5 Å². The zero-order valence-electron chi connectivity index (χ0n) is 13.3. The molecule has 0 aliphatic rings. The van der Waals surface area contributed by atoms with Crippen LogP contribution in [0.15, 0.2) is 55.1 Å². The molecule has 3 rings (SSSR count). The van der Waals surface area contributed by atoms with Crippen LogP contribution in [-0.2, 0) is 0 Å². The Bertz CT molecular complexity index is 807. The van der Waals surface area contributed by atoms with Crippen molar-refractivity contribution in [2.24, 2.45) is 0 Å². The lowest BCUT2D eigenvalue weighted by Gasteiger charge is -2.10. The molecule has 0 spiro atoms. The summed E-state index contributed by atoms with van der Waals surface area (Å²) < 4.78 is 12.2. The van der Waals surface area contributed by atoms with Gasteiger partial charge in [-0.15, -0.1) is 10.2 Å². The van der Waals surface area contributed by atoms with E-state index in [1.54, 1.807) is 61.8 Å². The van der Waals surface area contributed by atoms with E-state index in [1.165, 1.54) is 0 Å². The number of nitrogens with one attached hydrogen (secondary N) is 1. The van der Waals surface area contributed by atoms with E-state index in [9.17, 15) is 4.79 Å². The van der Waals surface area contributed by atoms with Crippen LogP contribution in [0.25, 0.3) is 5.69 Å². The Balaban J connectivity index is 1.77. The Morgan fingerprint density at radius 1 is 0.958 bits per heavy atom. The van der Waals surface area contributed by atoms with E-state index in [0.29, 0.717) is 22.7 Å². The smallest absolute Gasteiger partial charge is 0.255 e. The molecule has 0 saturated heterocycles. The Labute approximate surface area is 138 Å². The third kappa shape index (κ3) is 3.35. The fourth-order valence-corrected chi connectivity index (χ4v) is 2.20. The number of aromatic nitrogens is 3. The largest absolute Gasteiger partial charge is 0.497 e. The first-order valence-corrected chi connectivity index (χ1v) is 7.19. The van der Waals surface area contributed by atoms with Gasteiger partial charge in [0.1, 0.15) is 24.2 Å². The summed E-state index contributed by atoms with van der Waals surface area (Å²) in [5.74, 6) is 0.987. The monoisotopic (exact) mass is 324 g/mol. The van der Waals surface area contributed by atoms with Gasteiger partial charge in [-0.3, -0.25) is 9.36 Å². The summed E-state index contributed by atoms with van der Waals surface area (Å²) in [7, 11) is 3.12. The summed E-state index contributed by atoms with van der Waals surface area (Å²) in [6.07, 6.45) is 3.19. The molecule has 7 nitrogen and oxygen atoms in total. The average Bonchev–Trinajstić information content (AvgIpc) is 3.16. The van der Waals surface area contributed by atoms with Crippen molar-refractivity contribution in [1.82, 2.24) is 14.8 Å². The van der Waals surface area contributed by atoms with E-state index in [4.69, 9.17) is 9.47 Å². The number of nitrogens with zero attached hydrogens (tertiary/aromatic N) is 3. The molecule has 3 aromatic rings. The SMILES string of the molecule is COc1cc(NC(=O)c2ccc(-n3cnnc3)cc2)cc(OC)c1. The van der Waals surface area contributed by atoms with Crippen LogP contribution in [0, 0.1) is 0 Å². The average molecular weight is 324 g/mol. The van der Waals surface area contributed by atoms with Gasteiger partial charge in [0.05, 0.1) is 14.2 Å².